The molecule has 0 saturated heterocycles. The van der Waals surface area contributed by atoms with E-state index in [0.29, 0.717) is 29.1 Å². The number of benzene rings is 4. The summed E-state index contributed by atoms with van der Waals surface area (Å²) in [7, 11) is 0. The number of anilines is 2. The van der Waals surface area contributed by atoms with Crippen molar-refractivity contribution in [3.63, 3.8) is 0 Å². The zero-order chi connectivity index (χ0) is 30.2. The summed E-state index contributed by atoms with van der Waals surface area (Å²) in [6.07, 6.45) is 0. The van der Waals surface area contributed by atoms with E-state index in [1.54, 1.807) is 41.3 Å². The van der Waals surface area contributed by atoms with Crippen LogP contribution >= 0.6 is 11.3 Å². The number of carbonyl (C=O) groups excluding carboxylic acids is 2. The Hall–Kier alpha value is -5.35. The number of hydrogen-bond donors (Lipinski definition) is 0. The van der Waals surface area contributed by atoms with E-state index in [1.807, 2.05) is 43.3 Å². The summed E-state index contributed by atoms with van der Waals surface area (Å²) in [5.41, 5.74) is -0.250. The average Bonchev–Trinajstić information content (AvgIpc) is 3.64. The van der Waals surface area contributed by atoms with Gasteiger partial charge in [-0.05, 0) is 55.0 Å². The maximum atomic E-state index is 15.0. The van der Waals surface area contributed by atoms with Gasteiger partial charge in [0.2, 0.25) is 5.76 Å². The third-order valence-electron chi connectivity index (χ3n) is 8.12. The zero-order valence-electron chi connectivity index (χ0n) is 23.2. The zero-order valence-corrected chi connectivity index (χ0v) is 24.1. The minimum Gasteiger partial charge on any atom is -0.494 e. The van der Waals surface area contributed by atoms with Crippen molar-refractivity contribution in [2.75, 3.05) is 16.4 Å². The Morgan fingerprint density at radius 2 is 1.75 bits per heavy atom. The van der Waals surface area contributed by atoms with Gasteiger partial charge in [0, 0.05) is 5.56 Å². The molecule has 1 atom stereocenters. The lowest BCUT2D eigenvalue weighted by Crippen LogP contribution is -2.53. The van der Waals surface area contributed by atoms with Crippen LogP contribution in [0.4, 0.5) is 15.2 Å². The number of fused-ring (bicyclic) bond motifs is 6. The molecule has 44 heavy (non-hydrogen) atoms. The maximum Gasteiger partial charge on any atom is 0.297 e. The van der Waals surface area contributed by atoms with E-state index in [4.69, 9.17) is 14.1 Å². The quantitative estimate of drug-likeness (QED) is 0.227. The first-order chi connectivity index (χ1) is 21.4. The Morgan fingerprint density at radius 3 is 2.57 bits per heavy atom. The number of thiazole rings is 1. The van der Waals surface area contributed by atoms with Gasteiger partial charge in [-0.2, -0.15) is 0 Å². The molecular formula is C34H22FN3O5S. The number of para-hydroxylation sites is 1. The lowest BCUT2D eigenvalue weighted by atomic mass is 9.84. The molecule has 4 heterocycles. The molecule has 0 N–H and O–H groups in total. The van der Waals surface area contributed by atoms with Gasteiger partial charge in [0.15, 0.2) is 16.1 Å². The number of halogens is 1. The van der Waals surface area contributed by atoms with Gasteiger partial charge < -0.3 is 14.1 Å². The molecule has 1 spiro atoms. The molecule has 2 aliphatic rings. The van der Waals surface area contributed by atoms with Crippen LogP contribution in [0.5, 0.6) is 5.75 Å². The SMILES string of the molecule is CCOc1ccc2nc(N3C(=O)c4oc5ccc(F)cc5c(=O)c4C34C(=O)N(Cc3ccccc3)c3ccccc34)sc2c1. The van der Waals surface area contributed by atoms with Gasteiger partial charge in [0.05, 0.1) is 40.0 Å². The molecule has 0 aliphatic carbocycles. The third-order valence-corrected chi connectivity index (χ3v) is 9.12. The highest BCUT2D eigenvalue weighted by molar-refractivity contribution is 7.22. The lowest BCUT2D eigenvalue weighted by Gasteiger charge is -2.32. The van der Waals surface area contributed by atoms with Gasteiger partial charge >= 0.3 is 0 Å². The molecule has 1 unspecified atom stereocenters. The van der Waals surface area contributed by atoms with Crippen LogP contribution in [0.15, 0.2) is 100 Å². The van der Waals surface area contributed by atoms with E-state index in [9.17, 15) is 14.0 Å². The Morgan fingerprint density at radius 1 is 0.955 bits per heavy atom. The Kier molecular flexibility index (Phi) is 5.73. The molecule has 2 aromatic heterocycles. The molecule has 0 radical (unpaired) electrons. The topological polar surface area (TPSA) is 93.0 Å². The van der Waals surface area contributed by atoms with Crippen molar-refractivity contribution < 1.29 is 23.1 Å². The fourth-order valence-electron chi connectivity index (χ4n) is 6.30. The number of hydrogen-bond acceptors (Lipinski definition) is 7. The Labute approximate surface area is 253 Å². The van der Waals surface area contributed by atoms with Crippen molar-refractivity contribution in [2.24, 2.45) is 0 Å². The third kappa shape index (κ3) is 3.54. The molecule has 10 heteroatoms. The van der Waals surface area contributed by atoms with Gasteiger partial charge in [-0.1, -0.05) is 59.9 Å². The molecule has 2 amide bonds. The van der Waals surface area contributed by atoms with E-state index in [0.717, 1.165) is 22.4 Å². The first kappa shape index (κ1) is 26.3. The molecule has 8 rings (SSSR count). The molecule has 0 bridgehead atoms. The van der Waals surface area contributed by atoms with Crippen molar-refractivity contribution >= 4 is 55.2 Å². The minimum absolute atomic E-state index is 0.0472. The standard InChI is InChI=1S/C34H22FN3O5S/c1-2-42-21-13-14-24-27(17-21)44-33(36-24)38-31(40)30-28(29(39)22-16-20(35)12-15-26(22)43-30)34(38)23-10-6-7-11-25(23)37(32(34)41)18-19-8-4-3-5-9-19/h3-17H,2,18H2,1H3. The van der Waals surface area contributed by atoms with Crippen LogP contribution in [0.3, 0.4) is 0 Å². The second-order valence-corrected chi connectivity index (χ2v) is 11.6. The molecule has 0 fully saturated rings. The highest BCUT2D eigenvalue weighted by Crippen LogP contribution is 2.55. The number of ether oxygens (including phenoxy) is 1. The molecule has 6 aromatic rings. The maximum absolute atomic E-state index is 15.0. The van der Waals surface area contributed by atoms with Crippen LogP contribution in [0, 0.1) is 5.82 Å². The predicted molar refractivity (Wildman–Crippen MR) is 165 cm³/mol. The molecule has 0 saturated carbocycles. The van der Waals surface area contributed by atoms with Crippen LogP contribution in [-0.4, -0.2) is 23.4 Å². The molecule has 4 aromatic carbocycles. The summed E-state index contributed by atoms with van der Waals surface area (Å²) in [4.78, 5) is 51.5. The van der Waals surface area contributed by atoms with Gasteiger partial charge in [-0.3, -0.25) is 19.3 Å². The number of aromatic nitrogens is 1. The highest BCUT2D eigenvalue weighted by Gasteiger charge is 2.66. The number of amides is 2. The molecule has 216 valence electrons. The number of nitrogens with zero attached hydrogens (tertiary/aromatic N) is 3. The first-order valence-electron chi connectivity index (χ1n) is 14.0. The van der Waals surface area contributed by atoms with E-state index in [-0.39, 0.29) is 34.0 Å². The van der Waals surface area contributed by atoms with Gasteiger partial charge in [0.1, 0.15) is 17.1 Å². The predicted octanol–water partition coefficient (Wildman–Crippen LogP) is 6.39. The summed E-state index contributed by atoms with van der Waals surface area (Å²) in [5, 5.41) is 0.152. The average molecular weight is 604 g/mol. The van der Waals surface area contributed by atoms with E-state index < -0.39 is 28.6 Å². The summed E-state index contributed by atoms with van der Waals surface area (Å²) >= 11 is 1.20. The van der Waals surface area contributed by atoms with Crippen LogP contribution < -0.4 is 20.0 Å². The smallest absolute Gasteiger partial charge is 0.297 e. The van der Waals surface area contributed by atoms with E-state index in [1.165, 1.54) is 22.3 Å². The molecular weight excluding hydrogens is 581 g/mol. The largest absolute Gasteiger partial charge is 0.494 e. The summed E-state index contributed by atoms with van der Waals surface area (Å²) in [6.45, 7) is 2.56. The van der Waals surface area contributed by atoms with Crippen molar-refractivity contribution in [1.82, 2.24) is 4.98 Å². The Balaban J connectivity index is 1.43. The molecule has 8 nitrogen and oxygen atoms in total. The lowest BCUT2D eigenvalue weighted by molar-refractivity contribution is -0.121. The molecule has 2 aliphatic heterocycles. The minimum atomic E-state index is -1.94. The Bertz CT molecular complexity index is 2230. The van der Waals surface area contributed by atoms with E-state index in [2.05, 4.69) is 0 Å². The second-order valence-electron chi connectivity index (χ2n) is 10.6. The normalized spacial score (nSPS) is 17.2. The summed E-state index contributed by atoms with van der Waals surface area (Å²) in [6, 6.07) is 25.5. The van der Waals surface area contributed by atoms with Crippen molar-refractivity contribution in [3.8, 4) is 5.75 Å². The number of carbonyl (C=O) groups is 2. The number of rotatable bonds is 5. The van der Waals surface area contributed by atoms with Crippen molar-refractivity contribution in [3.05, 3.63) is 129 Å². The van der Waals surface area contributed by atoms with Crippen molar-refractivity contribution in [2.45, 2.75) is 19.0 Å². The van der Waals surface area contributed by atoms with Crippen LogP contribution in [0.2, 0.25) is 0 Å². The van der Waals surface area contributed by atoms with Gasteiger partial charge in [-0.25, -0.2) is 9.37 Å². The van der Waals surface area contributed by atoms with Gasteiger partial charge in [0.25, 0.3) is 11.8 Å². The van der Waals surface area contributed by atoms with Crippen LogP contribution in [0.25, 0.3) is 21.2 Å². The van der Waals surface area contributed by atoms with Crippen molar-refractivity contribution in [1.29, 1.82) is 0 Å². The fourth-order valence-corrected chi connectivity index (χ4v) is 7.35. The fraction of sp³-hybridized carbons (Fsp3) is 0.118. The second kappa shape index (κ2) is 9.58. The van der Waals surface area contributed by atoms with Gasteiger partial charge in [-0.15, -0.1) is 0 Å². The highest BCUT2D eigenvalue weighted by atomic mass is 32.1. The van der Waals surface area contributed by atoms with E-state index >= 15 is 4.79 Å². The summed E-state index contributed by atoms with van der Waals surface area (Å²) in [5.74, 6) is -1.46. The van der Waals surface area contributed by atoms with Crippen LogP contribution in [-0.2, 0) is 16.9 Å². The summed E-state index contributed by atoms with van der Waals surface area (Å²) < 4.78 is 26.9. The monoisotopic (exact) mass is 603 g/mol. The van der Waals surface area contributed by atoms with Crippen LogP contribution in [0.1, 0.15) is 34.2 Å². The first-order valence-corrected chi connectivity index (χ1v) is 14.8.